The molecular weight excluding hydrogens is 328 g/mol. The van der Waals surface area contributed by atoms with Gasteiger partial charge in [0, 0.05) is 30.8 Å². The van der Waals surface area contributed by atoms with E-state index in [1.807, 2.05) is 11.9 Å². The summed E-state index contributed by atoms with van der Waals surface area (Å²) in [6, 6.07) is 0.211. The second-order valence-corrected chi connectivity index (χ2v) is 6.89. The van der Waals surface area contributed by atoms with Gasteiger partial charge in [-0.25, -0.2) is 4.79 Å². The van der Waals surface area contributed by atoms with Gasteiger partial charge in [0.2, 0.25) is 11.6 Å². The zero-order valence-electron chi connectivity index (χ0n) is 14.2. The normalized spacial score (nSPS) is 38.8. The molecule has 25 heavy (non-hydrogen) atoms. The van der Waals surface area contributed by atoms with E-state index in [0.717, 1.165) is 0 Å². The second-order valence-electron chi connectivity index (χ2n) is 6.89. The Balaban J connectivity index is 1.85. The molecule has 0 aromatic carbocycles. The van der Waals surface area contributed by atoms with Gasteiger partial charge in [-0.05, 0) is 14.0 Å². The van der Waals surface area contributed by atoms with Crippen molar-refractivity contribution in [3.63, 3.8) is 0 Å². The number of ether oxygens (including phenoxy) is 2. The van der Waals surface area contributed by atoms with Crippen LogP contribution in [0.3, 0.4) is 0 Å². The zero-order chi connectivity index (χ0) is 18.3. The largest absolute Gasteiger partial charge is 0.449 e. The molecule has 4 rings (SSSR count). The van der Waals surface area contributed by atoms with Crippen molar-refractivity contribution in [2.24, 2.45) is 17.4 Å². The van der Waals surface area contributed by atoms with Gasteiger partial charge in [0.15, 0.2) is 5.72 Å². The molecule has 2 fully saturated rings. The van der Waals surface area contributed by atoms with Crippen LogP contribution in [0.1, 0.15) is 6.92 Å². The Hall–Kier alpha value is -2.39. The number of primary amides is 1. The highest BCUT2D eigenvalue weighted by atomic mass is 16.6. The summed E-state index contributed by atoms with van der Waals surface area (Å²) in [5.74, 6) is -1.32. The highest BCUT2D eigenvalue weighted by molar-refractivity contribution is 6.25. The lowest BCUT2D eigenvalue weighted by Crippen LogP contribution is -2.55. The maximum absolute atomic E-state index is 12.9. The SMILES string of the molecule is CO[C@]12[C@H](COC(N)=O)C3=C(C(=O)C(C)=C(N)C3=O)N1C[C@@H]1[C@@H]2N1C. The molecule has 2 saturated heterocycles. The summed E-state index contributed by atoms with van der Waals surface area (Å²) in [4.78, 5) is 40.8. The van der Waals surface area contributed by atoms with Crippen LogP contribution in [0.2, 0.25) is 0 Å². The van der Waals surface area contributed by atoms with Crippen LogP contribution < -0.4 is 11.5 Å². The van der Waals surface area contributed by atoms with E-state index in [2.05, 4.69) is 4.90 Å². The number of Topliss-reactive ketones (excluding diaryl/α,β-unsaturated/α-hetero) is 2. The number of amides is 1. The summed E-state index contributed by atoms with van der Waals surface area (Å²) in [6.45, 7) is 1.96. The lowest BCUT2D eigenvalue weighted by Gasteiger charge is -2.40. The molecule has 5 atom stereocenters. The van der Waals surface area contributed by atoms with Gasteiger partial charge in [-0.3, -0.25) is 14.5 Å². The zero-order valence-corrected chi connectivity index (χ0v) is 14.2. The third-order valence-electron chi connectivity index (χ3n) is 5.99. The van der Waals surface area contributed by atoms with Crippen molar-refractivity contribution in [3.8, 4) is 0 Å². The van der Waals surface area contributed by atoms with Crippen LogP contribution >= 0.6 is 0 Å². The molecular formula is C16H20N4O5. The smallest absolute Gasteiger partial charge is 0.404 e. The molecule has 0 saturated carbocycles. The molecule has 0 spiro atoms. The lowest BCUT2D eigenvalue weighted by molar-refractivity contribution is -0.144. The summed E-state index contributed by atoms with van der Waals surface area (Å²) < 4.78 is 10.9. The Morgan fingerprint density at radius 2 is 2.04 bits per heavy atom. The fraction of sp³-hybridized carbons (Fsp3) is 0.562. The Labute approximate surface area is 144 Å². The van der Waals surface area contributed by atoms with Crippen molar-refractivity contribution in [1.29, 1.82) is 0 Å². The molecule has 1 unspecified atom stereocenters. The minimum absolute atomic E-state index is 0.00768. The summed E-state index contributed by atoms with van der Waals surface area (Å²) in [5, 5.41) is 0. The Kier molecular flexibility index (Phi) is 3.11. The predicted molar refractivity (Wildman–Crippen MR) is 84.7 cm³/mol. The van der Waals surface area contributed by atoms with Gasteiger partial charge in [-0.15, -0.1) is 0 Å². The minimum Gasteiger partial charge on any atom is -0.449 e. The van der Waals surface area contributed by atoms with E-state index in [-0.39, 0.29) is 41.3 Å². The van der Waals surface area contributed by atoms with Gasteiger partial charge in [0.05, 0.1) is 23.4 Å². The second kappa shape index (κ2) is 4.83. The summed E-state index contributed by atoms with van der Waals surface area (Å²) in [5.41, 5.74) is 10.8. The standard InChI is InChI=1S/C16H20N4O5/c1-6-10(17)13(22)9-7(5-25-15(18)23)16(24-3)14-8(19(14)2)4-20(16)11(9)12(6)21/h7-8,14H,4-5,17H2,1-3H3,(H2,18,23)/t7-,8-,14+,16+,19?/m1/s1. The fourth-order valence-corrected chi connectivity index (χ4v) is 4.73. The van der Waals surface area contributed by atoms with Crippen LogP contribution in [0.25, 0.3) is 0 Å². The summed E-state index contributed by atoms with van der Waals surface area (Å²) in [6.07, 6.45) is -0.945. The van der Waals surface area contributed by atoms with E-state index in [9.17, 15) is 14.4 Å². The molecule has 0 radical (unpaired) electrons. The number of carbonyl (C=O) groups is 3. The van der Waals surface area contributed by atoms with Gasteiger partial charge < -0.3 is 25.8 Å². The van der Waals surface area contributed by atoms with Gasteiger partial charge in [0.25, 0.3) is 0 Å². The number of methoxy groups -OCH3 is 1. The first-order valence-corrected chi connectivity index (χ1v) is 8.04. The fourth-order valence-electron chi connectivity index (χ4n) is 4.73. The van der Waals surface area contributed by atoms with Crippen molar-refractivity contribution in [2.45, 2.75) is 24.7 Å². The third-order valence-corrected chi connectivity index (χ3v) is 5.99. The molecule has 4 N–H and O–H groups in total. The molecule has 3 aliphatic heterocycles. The quantitative estimate of drug-likeness (QED) is 0.475. The average Bonchev–Trinajstić information content (AvgIpc) is 2.96. The van der Waals surface area contributed by atoms with Crippen LogP contribution in [0.4, 0.5) is 4.79 Å². The van der Waals surface area contributed by atoms with E-state index >= 15 is 0 Å². The van der Waals surface area contributed by atoms with Crippen LogP contribution in [0.15, 0.2) is 22.5 Å². The number of nitrogens with zero attached hydrogens (tertiary/aromatic N) is 2. The Bertz CT molecular complexity index is 787. The van der Waals surface area contributed by atoms with E-state index in [1.54, 1.807) is 6.92 Å². The predicted octanol–water partition coefficient (Wildman–Crippen LogP) is -1.31. The Morgan fingerprint density at radius 1 is 1.36 bits per heavy atom. The lowest BCUT2D eigenvalue weighted by atomic mass is 9.82. The van der Waals surface area contributed by atoms with Gasteiger partial charge in [-0.1, -0.05) is 0 Å². The number of rotatable bonds is 3. The van der Waals surface area contributed by atoms with Crippen LogP contribution in [-0.2, 0) is 19.1 Å². The number of hydrogen-bond donors (Lipinski definition) is 2. The summed E-state index contributed by atoms with van der Waals surface area (Å²) >= 11 is 0. The maximum atomic E-state index is 12.9. The van der Waals surface area contributed by atoms with Crippen molar-refractivity contribution < 1.29 is 23.9 Å². The number of likely N-dealkylation sites (N-methyl/N-ethyl adjacent to an activating group) is 1. The molecule has 9 heteroatoms. The first-order chi connectivity index (χ1) is 11.8. The Morgan fingerprint density at radius 3 is 2.64 bits per heavy atom. The minimum atomic E-state index is -0.949. The van der Waals surface area contributed by atoms with Crippen LogP contribution in [-0.4, -0.2) is 72.6 Å². The maximum Gasteiger partial charge on any atom is 0.404 e. The van der Waals surface area contributed by atoms with Gasteiger partial charge in [-0.2, -0.15) is 0 Å². The molecule has 1 aliphatic carbocycles. The molecule has 134 valence electrons. The number of fused-ring (bicyclic) bond motifs is 4. The molecule has 0 bridgehead atoms. The first kappa shape index (κ1) is 16.1. The number of nitrogens with two attached hydrogens (primary N) is 2. The number of hydrogen-bond acceptors (Lipinski definition) is 8. The van der Waals surface area contributed by atoms with Crippen LogP contribution in [0.5, 0.6) is 0 Å². The first-order valence-electron chi connectivity index (χ1n) is 8.04. The highest BCUT2D eigenvalue weighted by Crippen LogP contribution is 2.59. The van der Waals surface area contributed by atoms with E-state index in [4.69, 9.17) is 20.9 Å². The van der Waals surface area contributed by atoms with Crippen molar-refractivity contribution in [1.82, 2.24) is 9.80 Å². The molecule has 3 heterocycles. The van der Waals surface area contributed by atoms with Crippen molar-refractivity contribution >= 4 is 17.7 Å². The van der Waals surface area contributed by atoms with E-state index in [1.165, 1.54) is 7.11 Å². The number of ketones is 2. The molecule has 9 nitrogen and oxygen atoms in total. The average molecular weight is 348 g/mol. The number of carbonyl (C=O) groups excluding carboxylic acids is 3. The van der Waals surface area contributed by atoms with E-state index in [0.29, 0.717) is 12.2 Å². The highest BCUT2D eigenvalue weighted by Gasteiger charge is 2.75. The van der Waals surface area contributed by atoms with Crippen molar-refractivity contribution in [2.75, 3.05) is 27.3 Å². The monoisotopic (exact) mass is 348 g/mol. The molecule has 4 aliphatic rings. The van der Waals surface area contributed by atoms with Gasteiger partial charge in [0.1, 0.15) is 6.61 Å². The third kappa shape index (κ3) is 1.72. The van der Waals surface area contributed by atoms with Crippen LogP contribution in [0, 0.1) is 5.92 Å². The van der Waals surface area contributed by atoms with Gasteiger partial charge >= 0.3 is 6.09 Å². The van der Waals surface area contributed by atoms with E-state index < -0.39 is 23.5 Å². The molecule has 0 aromatic rings. The summed E-state index contributed by atoms with van der Waals surface area (Å²) in [7, 11) is 3.49. The molecule has 0 aromatic heterocycles. The number of piperazine rings is 1. The topological polar surface area (TPSA) is 128 Å². The van der Waals surface area contributed by atoms with Crippen molar-refractivity contribution in [3.05, 3.63) is 22.5 Å². The molecule has 1 amide bonds. The number of allylic oxidation sites excluding steroid dienone is 2.